The van der Waals surface area contributed by atoms with Gasteiger partial charge in [0.1, 0.15) is 5.82 Å². The first-order valence-corrected chi connectivity index (χ1v) is 11.4. The molecule has 31 heavy (non-hydrogen) atoms. The normalized spacial score (nSPS) is 25.9. The molecule has 3 atom stereocenters. The Morgan fingerprint density at radius 2 is 1.77 bits per heavy atom. The SMILES string of the molecule is NC(=O)c1ccc(N2[C@@H]3CC[C@H]2CC(NC(=O)C2(c4ccc(Cl)c(Cl)c4)CC2)C3)nc1. The molecule has 0 spiro atoms. The van der Waals surface area contributed by atoms with E-state index < -0.39 is 11.3 Å². The van der Waals surface area contributed by atoms with E-state index in [1.807, 2.05) is 18.2 Å². The molecule has 2 aromatic rings. The average Bonchev–Trinajstić information content (AvgIpc) is 3.51. The molecule has 8 heteroatoms. The molecule has 6 nitrogen and oxygen atoms in total. The van der Waals surface area contributed by atoms with E-state index in [1.54, 1.807) is 18.3 Å². The van der Waals surface area contributed by atoms with E-state index in [0.717, 1.165) is 49.9 Å². The number of pyridine rings is 1. The van der Waals surface area contributed by atoms with Crippen LogP contribution < -0.4 is 16.0 Å². The van der Waals surface area contributed by atoms with E-state index in [9.17, 15) is 9.59 Å². The molecule has 1 saturated carbocycles. The van der Waals surface area contributed by atoms with Gasteiger partial charge < -0.3 is 16.0 Å². The van der Waals surface area contributed by atoms with E-state index >= 15 is 0 Å². The van der Waals surface area contributed by atoms with E-state index in [2.05, 4.69) is 15.2 Å². The molecule has 0 radical (unpaired) electrons. The second-order valence-corrected chi connectivity index (χ2v) is 9.73. The van der Waals surface area contributed by atoms with Crippen LogP contribution in [0.4, 0.5) is 5.82 Å². The number of anilines is 1. The van der Waals surface area contributed by atoms with E-state index in [-0.39, 0.29) is 11.9 Å². The lowest BCUT2D eigenvalue weighted by Crippen LogP contribution is -2.52. The number of fused-ring (bicyclic) bond motifs is 2. The second-order valence-electron chi connectivity index (χ2n) is 8.91. The monoisotopic (exact) mass is 458 g/mol. The molecule has 1 aromatic carbocycles. The van der Waals surface area contributed by atoms with Crippen LogP contribution in [0.1, 0.15) is 54.4 Å². The smallest absolute Gasteiger partial charge is 0.250 e. The zero-order valence-corrected chi connectivity index (χ0v) is 18.5. The van der Waals surface area contributed by atoms with Crippen LogP contribution in [-0.2, 0) is 10.2 Å². The highest BCUT2D eigenvalue weighted by Gasteiger charge is 2.52. The minimum absolute atomic E-state index is 0.0904. The third kappa shape index (κ3) is 3.66. The van der Waals surface area contributed by atoms with Crippen LogP contribution in [0.15, 0.2) is 36.5 Å². The number of carbonyl (C=O) groups excluding carboxylic acids is 2. The first kappa shape index (κ1) is 20.6. The van der Waals surface area contributed by atoms with Gasteiger partial charge in [-0.1, -0.05) is 29.3 Å². The quantitative estimate of drug-likeness (QED) is 0.712. The van der Waals surface area contributed by atoms with Gasteiger partial charge in [-0.3, -0.25) is 9.59 Å². The van der Waals surface area contributed by atoms with Crippen molar-refractivity contribution in [1.29, 1.82) is 0 Å². The van der Waals surface area contributed by atoms with Crippen molar-refractivity contribution in [2.24, 2.45) is 5.73 Å². The Balaban J connectivity index is 1.27. The summed E-state index contributed by atoms with van der Waals surface area (Å²) in [6.45, 7) is 0. The molecule has 2 saturated heterocycles. The van der Waals surface area contributed by atoms with Crippen molar-refractivity contribution < 1.29 is 9.59 Å². The van der Waals surface area contributed by atoms with Gasteiger partial charge >= 0.3 is 0 Å². The number of nitrogens with two attached hydrogens (primary N) is 1. The highest BCUT2D eigenvalue weighted by atomic mass is 35.5. The zero-order chi connectivity index (χ0) is 21.8. The Morgan fingerprint density at radius 1 is 1.06 bits per heavy atom. The molecule has 3 fully saturated rings. The van der Waals surface area contributed by atoms with Crippen LogP contribution in [0.3, 0.4) is 0 Å². The number of benzene rings is 1. The van der Waals surface area contributed by atoms with E-state index in [1.165, 1.54) is 0 Å². The highest BCUT2D eigenvalue weighted by molar-refractivity contribution is 6.42. The van der Waals surface area contributed by atoms with Crippen molar-refractivity contribution in [1.82, 2.24) is 10.3 Å². The number of aromatic nitrogens is 1. The molecule has 162 valence electrons. The summed E-state index contributed by atoms with van der Waals surface area (Å²) in [6, 6.07) is 9.90. The number of amides is 2. The van der Waals surface area contributed by atoms with Crippen LogP contribution in [0.2, 0.25) is 10.0 Å². The molecule has 1 aromatic heterocycles. The van der Waals surface area contributed by atoms with E-state index in [4.69, 9.17) is 28.9 Å². The van der Waals surface area contributed by atoms with Crippen LogP contribution in [0.25, 0.3) is 0 Å². The number of nitrogens with zero attached hydrogens (tertiary/aromatic N) is 2. The van der Waals surface area contributed by atoms with Gasteiger partial charge in [-0.2, -0.15) is 0 Å². The highest BCUT2D eigenvalue weighted by Crippen LogP contribution is 2.50. The Morgan fingerprint density at radius 3 is 2.32 bits per heavy atom. The van der Waals surface area contributed by atoms with E-state index in [0.29, 0.717) is 27.7 Å². The van der Waals surface area contributed by atoms with Crippen LogP contribution >= 0.6 is 23.2 Å². The lowest BCUT2D eigenvalue weighted by molar-refractivity contribution is -0.124. The van der Waals surface area contributed by atoms with Gasteiger partial charge in [-0.25, -0.2) is 4.98 Å². The summed E-state index contributed by atoms with van der Waals surface area (Å²) in [5.74, 6) is 0.490. The Kier molecular flexibility index (Phi) is 5.10. The van der Waals surface area contributed by atoms with Crippen molar-refractivity contribution in [3.05, 3.63) is 57.7 Å². The van der Waals surface area contributed by atoms with Crippen molar-refractivity contribution in [2.75, 3.05) is 4.90 Å². The number of primary amides is 1. The van der Waals surface area contributed by atoms with Gasteiger partial charge in [-0.05, 0) is 68.4 Å². The first-order valence-electron chi connectivity index (χ1n) is 10.7. The number of halogens is 2. The van der Waals surface area contributed by atoms with Crippen molar-refractivity contribution in [2.45, 2.75) is 62.1 Å². The summed E-state index contributed by atoms with van der Waals surface area (Å²) in [7, 11) is 0. The Bertz CT molecular complexity index is 1020. The fourth-order valence-electron chi connectivity index (χ4n) is 5.24. The minimum atomic E-state index is -0.476. The molecule has 5 rings (SSSR count). The molecule has 1 aliphatic carbocycles. The fraction of sp³-hybridized carbons (Fsp3) is 0.435. The standard InChI is InChI=1S/C23H24Cl2N4O2/c24-18-5-2-14(9-19(18)25)23(7-8-23)22(31)28-15-10-16-3-4-17(11-15)29(16)20-6-1-13(12-27-20)21(26)30/h1-2,5-6,9,12,15-17H,3-4,7-8,10-11H2,(H2,26,30)(H,28,31)/t15?,16-,17+. The number of hydrogen-bond acceptors (Lipinski definition) is 4. The lowest BCUT2D eigenvalue weighted by Gasteiger charge is -2.40. The summed E-state index contributed by atoms with van der Waals surface area (Å²) in [6.07, 6.45) is 7.14. The van der Waals surface area contributed by atoms with Crippen molar-refractivity contribution >= 4 is 40.8 Å². The van der Waals surface area contributed by atoms with Gasteiger partial charge in [-0.15, -0.1) is 0 Å². The number of hydrogen-bond donors (Lipinski definition) is 2. The molecule has 2 aliphatic heterocycles. The van der Waals surface area contributed by atoms with Crippen LogP contribution in [0, 0.1) is 0 Å². The molecule has 2 bridgehead atoms. The van der Waals surface area contributed by atoms with Crippen molar-refractivity contribution in [3.63, 3.8) is 0 Å². The third-order valence-electron chi connectivity index (χ3n) is 7.02. The first-order chi connectivity index (χ1) is 14.9. The number of rotatable bonds is 5. The molecular weight excluding hydrogens is 435 g/mol. The van der Waals surface area contributed by atoms with Crippen molar-refractivity contribution in [3.8, 4) is 0 Å². The molecule has 3 aliphatic rings. The summed E-state index contributed by atoms with van der Waals surface area (Å²) in [4.78, 5) is 31.4. The third-order valence-corrected chi connectivity index (χ3v) is 7.76. The maximum atomic E-state index is 13.2. The van der Waals surface area contributed by atoms with Gasteiger partial charge in [0.2, 0.25) is 11.8 Å². The largest absolute Gasteiger partial charge is 0.366 e. The number of nitrogens with one attached hydrogen (secondary N) is 1. The lowest BCUT2D eigenvalue weighted by atomic mass is 9.92. The molecule has 1 unspecified atom stereocenters. The predicted molar refractivity (Wildman–Crippen MR) is 121 cm³/mol. The molecule has 3 heterocycles. The molecule has 3 N–H and O–H groups in total. The van der Waals surface area contributed by atoms with Gasteiger partial charge in [0.05, 0.1) is 21.0 Å². The summed E-state index contributed by atoms with van der Waals surface area (Å²) in [5.41, 5.74) is 6.20. The topological polar surface area (TPSA) is 88.3 Å². The summed E-state index contributed by atoms with van der Waals surface area (Å²) in [5, 5.41) is 4.32. The number of carbonyl (C=O) groups is 2. The predicted octanol–water partition coefficient (Wildman–Crippen LogP) is 3.84. The zero-order valence-electron chi connectivity index (χ0n) is 17.0. The minimum Gasteiger partial charge on any atom is -0.366 e. The Hall–Kier alpha value is -2.31. The molecule has 2 amide bonds. The maximum Gasteiger partial charge on any atom is 0.250 e. The van der Waals surface area contributed by atoms with Gasteiger partial charge in [0.25, 0.3) is 0 Å². The molecular formula is C23H24Cl2N4O2. The van der Waals surface area contributed by atoms with Crippen LogP contribution in [-0.4, -0.2) is 34.9 Å². The number of piperidine rings is 1. The average molecular weight is 459 g/mol. The summed E-state index contributed by atoms with van der Waals surface area (Å²) < 4.78 is 0. The fourth-order valence-corrected chi connectivity index (χ4v) is 5.54. The second kappa shape index (κ2) is 7.68. The van der Waals surface area contributed by atoms with Gasteiger partial charge in [0, 0.05) is 24.3 Å². The Labute approximate surface area is 191 Å². The summed E-state index contributed by atoms with van der Waals surface area (Å²) >= 11 is 12.2. The van der Waals surface area contributed by atoms with Crippen LogP contribution in [0.5, 0.6) is 0 Å². The van der Waals surface area contributed by atoms with Gasteiger partial charge in [0.15, 0.2) is 0 Å². The maximum absolute atomic E-state index is 13.2.